The van der Waals surface area contributed by atoms with Crippen molar-refractivity contribution in [1.29, 1.82) is 0 Å². The number of benzene rings is 1. The first-order valence-corrected chi connectivity index (χ1v) is 13.7. The molecular formula is C30H33N7O3. The fraction of sp³-hybridized carbons (Fsp3) is 0.333. The van der Waals surface area contributed by atoms with Crippen LogP contribution in [0, 0.1) is 0 Å². The molecule has 0 radical (unpaired) electrons. The number of morpholine rings is 1. The molecule has 40 heavy (non-hydrogen) atoms. The third-order valence-corrected chi connectivity index (χ3v) is 7.27. The van der Waals surface area contributed by atoms with Crippen LogP contribution in [0.2, 0.25) is 0 Å². The van der Waals surface area contributed by atoms with Gasteiger partial charge < -0.3 is 18.9 Å². The second kappa shape index (κ2) is 11.4. The maximum absolute atomic E-state index is 12.8. The van der Waals surface area contributed by atoms with E-state index >= 15 is 0 Å². The van der Waals surface area contributed by atoms with Gasteiger partial charge in [-0.2, -0.15) is 9.61 Å². The molecule has 0 bridgehead atoms. The van der Waals surface area contributed by atoms with E-state index in [1.54, 1.807) is 11.4 Å². The number of pyridine rings is 1. The fourth-order valence-electron chi connectivity index (χ4n) is 5.22. The zero-order chi connectivity index (χ0) is 27.5. The Morgan fingerprint density at radius 3 is 2.70 bits per heavy atom. The summed E-state index contributed by atoms with van der Waals surface area (Å²) in [6.07, 6.45) is 5.48. The Balaban J connectivity index is 1.44. The maximum atomic E-state index is 12.8. The third-order valence-electron chi connectivity index (χ3n) is 7.27. The van der Waals surface area contributed by atoms with E-state index in [4.69, 9.17) is 19.4 Å². The van der Waals surface area contributed by atoms with E-state index in [2.05, 4.69) is 43.9 Å². The van der Waals surface area contributed by atoms with Gasteiger partial charge in [-0.15, -0.1) is 0 Å². The standard InChI is InChI=1S/C30H33N7O3/c1-3-40-30(38)24-19-32-37-27(34(2)20-22-8-5-4-6-9-22)18-26(33-29(24)37)25-21-36(28-23(25)10-7-11-31-28)13-12-35-14-16-39-17-15-35/h4-11,18-19,21H,3,12-17,20H2,1-2H3. The molecule has 5 aromatic rings. The first kappa shape index (κ1) is 26.0. The van der Waals surface area contributed by atoms with Crippen molar-refractivity contribution in [3.8, 4) is 11.3 Å². The summed E-state index contributed by atoms with van der Waals surface area (Å²) < 4.78 is 14.7. The second-order valence-electron chi connectivity index (χ2n) is 9.92. The van der Waals surface area contributed by atoms with Gasteiger partial charge in [-0.3, -0.25) is 4.90 Å². The molecule has 0 atom stereocenters. The van der Waals surface area contributed by atoms with Gasteiger partial charge >= 0.3 is 5.97 Å². The lowest BCUT2D eigenvalue weighted by atomic mass is 10.1. The Morgan fingerprint density at radius 1 is 1.07 bits per heavy atom. The number of hydrogen-bond acceptors (Lipinski definition) is 8. The van der Waals surface area contributed by atoms with Crippen molar-refractivity contribution >= 4 is 28.5 Å². The van der Waals surface area contributed by atoms with Crippen LogP contribution in [0.15, 0.2) is 67.1 Å². The molecule has 0 N–H and O–H groups in total. The van der Waals surface area contributed by atoms with E-state index in [9.17, 15) is 4.79 Å². The smallest absolute Gasteiger partial charge is 0.343 e. The molecule has 10 heteroatoms. The van der Waals surface area contributed by atoms with Gasteiger partial charge in [0, 0.05) is 69.2 Å². The van der Waals surface area contributed by atoms with Crippen molar-refractivity contribution < 1.29 is 14.3 Å². The van der Waals surface area contributed by atoms with Crippen molar-refractivity contribution in [2.45, 2.75) is 20.0 Å². The molecule has 0 aliphatic carbocycles. The van der Waals surface area contributed by atoms with Crippen LogP contribution >= 0.6 is 0 Å². The van der Waals surface area contributed by atoms with Crippen LogP contribution in [0.5, 0.6) is 0 Å². The van der Waals surface area contributed by atoms with Crippen LogP contribution in [0.3, 0.4) is 0 Å². The predicted octanol–water partition coefficient (Wildman–Crippen LogP) is 3.89. The zero-order valence-corrected chi connectivity index (χ0v) is 22.9. The topological polar surface area (TPSA) is 90.0 Å². The molecule has 0 amide bonds. The molecular weight excluding hydrogens is 506 g/mol. The highest BCUT2D eigenvalue weighted by Crippen LogP contribution is 2.32. The lowest BCUT2D eigenvalue weighted by molar-refractivity contribution is 0.0365. The van der Waals surface area contributed by atoms with Gasteiger partial charge in [0.15, 0.2) is 5.65 Å². The number of rotatable bonds is 9. The third kappa shape index (κ3) is 5.15. The number of nitrogens with zero attached hydrogens (tertiary/aromatic N) is 7. The SMILES string of the molecule is CCOC(=O)c1cnn2c(N(C)Cc3ccccc3)cc(-c3cn(CCN4CCOCC4)c4ncccc34)nc12. The van der Waals surface area contributed by atoms with Gasteiger partial charge in [0.2, 0.25) is 0 Å². The van der Waals surface area contributed by atoms with Crippen molar-refractivity contribution in [1.82, 2.24) is 29.0 Å². The largest absolute Gasteiger partial charge is 0.462 e. The van der Waals surface area contributed by atoms with Gasteiger partial charge in [-0.1, -0.05) is 30.3 Å². The van der Waals surface area contributed by atoms with Gasteiger partial charge in [0.05, 0.1) is 31.7 Å². The number of hydrogen-bond donors (Lipinski definition) is 0. The van der Waals surface area contributed by atoms with Crippen LogP contribution in [0.1, 0.15) is 22.8 Å². The monoisotopic (exact) mass is 539 g/mol. The van der Waals surface area contributed by atoms with Crippen LogP contribution in [-0.2, 0) is 22.6 Å². The molecule has 1 aliphatic heterocycles. The molecule has 5 heterocycles. The molecule has 1 aromatic carbocycles. The average Bonchev–Trinajstić information content (AvgIpc) is 3.59. The van der Waals surface area contributed by atoms with E-state index in [0.29, 0.717) is 17.8 Å². The summed E-state index contributed by atoms with van der Waals surface area (Å²) in [6, 6.07) is 16.3. The Kier molecular flexibility index (Phi) is 7.43. The average molecular weight is 540 g/mol. The molecule has 1 saturated heterocycles. The number of aromatic nitrogens is 5. The number of fused-ring (bicyclic) bond motifs is 2. The molecule has 6 rings (SSSR count). The van der Waals surface area contributed by atoms with Gasteiger partial charge in [0.1, 0.15) is 17.0 Å². The Labute approximate surface area is 232 Å². The van der Waals surface area contributed by atoms with Crippen molar-refractivity contribution in [2.75, 3.05) is 51.4 Å². The minimum atomic E-state index is -0.437. The summed E-state index contributed by atoms with van der Waals surface area (Å²) in [5.41, 5.74) is 4.58. The summed E-state index contributed by atoms with van der Waals surface area (Å²) >= 11 is 0. The Bertz CT molecular complexity index is 1620. The minimum Gasteiger partial charge on any atom is -0.462 e. The number of carbonyl (C=O) groups is 1. The first-order chi connectivity index (χ1) is 19.6. The fourth-order valence-corrected chi connectivity index (χ4v) is 5.22. The Hall–Kier alpha value is -4.28. The van der Waals surface area contributed by atoms with Crippen molar-refractivity contribution in [3.63, 3.8) is 0 Å². The van der Waals surface area contributed by atoms with Crippen LogP contribution < -0.4 is 4.90 Å². The number of anilines is 1. The molecule has 0 saturated carbocycles. The predicted molar refractivity (Wildman–Crippen MR) is 153 cm³/mol. The summed E-state index contributed by atoms with van der Waals surface area (Å²) in [5, 5.41) is 5.56. The minimum absolute atomic E-state index is 0.277. The van der Waals surface area contributed by atoms with E-state index in [1.165, 1.54) is 6.20 Å². The van der Waals surface area contributed by atoms with Crippen LogP contribution in [-0.4, -0.2) is 81.5 Å². The lowest BCUT2D eigenvalue weighted by Crippen LogP contribution is -2.38. The summed E-state index contributed by atoms with van der Waals surface area (Å²) in [6.45, 7) is 7.86. The molecule has 0 spiro atoms. The van der Waals surface area contributed by atoms with E-state index in [1.807, 2.05) is 43.6 Å². The molecule has 1 aliphatic rings. The highest BCUT2D eigenvalue weighted by Gasteiger charge is 2.22. The summed E-state index contributed by atoms with van der Waals surface area (Å²) in [4.78, 5) is 27.1. The summed E-state index contributed by atoms with van der Waals surface area (Å²) in [5.74, 6) is 0.380. The highest BCUT2D eigenvalue weighted by atomic mass is 16.5. The number of carbonyl (C=O) groups excluding carboxylic acids is 1. The van der Waals surface area contributed by atoms with Crippen molar-refractivity contribution in [3.05, 3.63) is 78.2 Å². The molecule has 4 aromatic heterocycles. The van der Waals surface area contributed by atoms with Crippen molar-refractivity contribution in [2.24, 2.45) is 0 Å². The van der Waals surface area contributed by atoms with Gasteiger partial charge in [-0.25, -0.2) is 14.8 Å². The quantitative estimate of drug-likeness (QED) is 0.261. The normalized spacial score (nSPS) is 14.2. The number of ether oxygens (including phenoxy) is 2. The van der Waals surface area contributed by atoms with Crippen LogP contribution in [0.25, 0.3) is 27.9 Å². The van der Waals surface area contributed by atoms with E-state index < -0.39 is 5.97 Å². The molecule has 10 nitrogen and oxygen atoms in total. The van der Waals surface area contributed by atoms with Gasteiger partial charge in [0.25, 0.3) is 0 Å². The molecule has 0 unspecified atom stereocenters. The second-order valence-corrected chi connectivity index (χ2v) is 9.92. The lowest BCUT2D eigenvalue weighted by Gasteiger charge is -2.26. The zero-order valence-electron chi connectivity index (χ0n) is 22.9. The number of esters is 1. The van der Waals surface area contributed by atoms with Gasteiger partial charge in [-0.05, 0) is 24.6 Å². The van der Waals surface area contributed by atoms with E-state index in [0.717, 1.165) is 73.1 Å². The summed E-state index contributed by atoms with van der Waals surface area (Å²) in [7, 11) is 2.02. The Morgan fingerprint density at radius 2 is 1.90 bits per heavy atom. The van der Waals surface area contributed by atoms with E-state index in [-0.39, 0.29) is 6.61 Å². The molecule has 206 valence electrons. The maximum Gasteiger partial charge on any atom is 0.343 e. The van der Waals surface area contributed by atoms with Crippen LogP contribution in [0.4, 0.5) is 5.82 Å². The molecule has 1 fully saturated rings. The highest BCUT2D eigenvalue weighted by molar-refractivity contribution is 5.98. The first-order valence-electron chi connectivity index (χ1n) is 13.7.